The van der Waals surface area contributed by atoms with Gasteiger partial charge in [-0.15, -0.1) is 0 Å². The standard InChI is InChI=1S/C28H25F2N5O/c29-20-9-10-26(24(30)14-20)34-16-22-23(17-34)27(22)32-28(36)31-21-8-4-7-19(13-21)25-11-12-35(33-25)15-18-5-2-1-3-6-18/h1-14,22-23,27H,15-17H2,(H2,31,32,36)/t22-,23+,27?. The predicted octanol–water partition coefficient (Wildman–Crippen LogP) is 5.13. The van der Waals surface area contributed by atoms with Gasteiger partial charge >= 0.3 is 6.03 Å². The summed E-state index contributed by atoms with van der Waals surface area (Å²) in [5, 5.41) is 10.6. The van der Waals surface area contributed by atoms with Crippen LogP contribution in [0.15, 0.2) is 85.1 Å². The van der Waals surface area contributed by atoms with Gasteiger partial charge in [-0.3, -0.25) is 4.68 Å². The Balaban J connectivity index is 1.04. The largest absolute Gasteiger partial charge is 0.368 e. The average Bonchev–Trinajstić information content (AvgIpc) is 3.22. The van der Waals surface area contributed by atoms with Crippen LogP contribution in [0.3, 0.4) is 0 Å². The number of carbonyl (C=O) groups excluding carboxylic acids is 1. The Kier molecular flexibility index (Phi) is 5.64. The smallest absolute Gasteiger partial charge is 0.319 e. The highest BCUT2D eigenvalue weighted by molar-refractivity contribution is 5.90. The minimum atomic E-state index is -0.582. The molecule has 2 fully saturated rings. The molecule has 1 saturated carbocycles. The number of benzene rings is 3. The molecule has 0 bridgehead atoms. The molecule has 0 spiro atoms. The number of fused-ring (bicyclic) bond motifs is 1. The summed E-state index contributed by atoms with van der Waals surface area (Å²) in [7, 11) is 0. The van der Waals surface area contributed by atoms with Gasteiger partial charge in [-0.2, -0.15) is 5.10 Å². The molecule has 1 aliphatic carbocycles. The van der Waals surface area contributed by atoms with Gasteiger partial charge in [-0.05, 0) is 35.9 Å². The van der Waals surface area contributed by atoms with Crippen LogP contribution in [0.4, 0.5) is 25.0 Å². The highest BCUT2D eigenvalue weighted by Gasteiger charge is 2.56. The van der Waals surface area contributed by atoms with E-state index < -0.39 is 11.6 Å². The molecule has 1 aliphatic heterocycles. The molecule has 2 heterocycles. The summed E-state index contributed by atoms with van der Waals surface area (Å²) in [6, 6.07) is 23.2. The number of nitrogens with one attached hydrogen (secondary N) is 2. The first-order valence-electron chi connectivity index (χ1n) is 12.0. The molecule has 6 rings (SSSR count). The Morgan fingerprint density at radius 3 is 2.53 bits per heavy atom. The molecule has 6 nitrogen and oxygen atoms in total. The van der Waals surface area contributed by atoms with Crippen LogP contribution < -0.4 is 15.5 Å². The molecule has 182 valence electrons. The van der Waals surface area contributed by atoms with E-state index in [2.05, 4.69) is 27.9 Å². The maximum absolute atomic E-state index is 14.1. The van der Waals surface area contributed by atoms with Crippen LogP contribution >= 0.6 is 0 Å². The highest BCUT2D eigenvalue weighted by atomic mass is 19.1. The molecule has 2 N–H and O–H groups in total. The molecule has 3 atom stereocenters. The maximum Gasteiger partial charge on any atom is 0.319 e. The first-order valence-corrected chi connectivity index (χ1v) is 12.0. The van der Waals surface area contributed by atoms with Crippen molar-refractivity contribution in [3.05, 3.63) is 102 Å². The lowest BCUT2D eigenvalue weighted by molar-refractivity contribution is 0.250. The van der Waals surface area contributed by atoms with Gasteiger partial charge in [0.05, 0.1) is 17.9 Å². The van der Waals surface area contributed by atoms with E-state index in [-0.39, 0.29) is 23.9 Å². The van der Waals surface area contributed by atoms with Gasteiger partial charge in [-0.25, -0.2) is 13.6 Å². The summed E-state index contributed by atoms with van der Waals surface area (Å²) in [4.78, 5) is 14.6. The molecular weight excluding hydrogens is 460 g/mol. The van der Waals surface area contributed by atoms with Crippen LogP contribution in [0.5, 0.6) is 0 Å². The summed E-state index contributed by atoms with van der Waals surface area (Å²) >= 11 is 0. The van der Waals surface area contributed by atoms with Crippen molar-refractivity contribution in [2.75, 3.05) is 23.3 Å². The van der Waals surface area contributed by atoms with Gasteiger partial charge < -0.3 is 15.5 Å². The van der Waals surface area contributed by atoms with E-state index in [1.165, 1.54) is 17.7 Å². The van der Waals surface area contributed by atoms with Gasteiger partial charge in [-0.1, -0.05) is 42.5 Å². The quantitative estimate of drug-likeness (QED) is 0.398. The van der Waals surface area contributed by atoms with Gasteiger partial charge in [0.1, 0.15) is 11.6 Å². The van der Waals surface area contributed by atoms with Crippen molar-refractivity contribution in [2.45, 2.75) is 12.6 Å². The molecule has 1 unspecified atom stereocenters. The Labute approximate surface area is 207 Å². The zero-order valence-electron chi connectivity index (χ0n) is 19.4. The number of carbonyl (C=O) groups is 1. The van der Waals surface area contributed by atoms with Crippen LogP contribution in [0.1, 0.15) is 5.56 Å². The summed E-state index contributed by atoms with van der Waals surface area (Å²) in [5.41, 5.74) is 4.02. The monoisotopic (exact) mass is 485 g/mol. The number of rotatable bonds is 6. The van der Waals surface area contributed by atoms with Gasteiger partial charge in [0.25, 0.3) is 0 Å². The average molecular weight is 486 g/mol. The fourth-order valence-corrected chi connectivity index (χ4v) is 5.12. The van der Waals surface area contributed by atoms with Crippen molar-refractivity contribution >= 4 is 17.4 Å². The van der Waals surface area contributed by atoms with Crippen LogP contribution in [0.25, 0.3) is 11.3 Å². The topological polar surface area (TPSA) is 62.2 Å². The lowest BCUT2D eigenvalue weighted by Crippen LogP contribution is -2.37. The lowest BCUT2D eigenvalue weighted by Gasteiger charge is -2.23. The fourth-order valence-electron chi connectivity index (χ4n) is 5.12. The van der Waals surface area contributed by atoms with E-state index in [4.69, 9.17) is 0 Å². The van der Waals surface area contributed by atoms with E-state index in [0.717, 1.165) is 17.3 Å². The predicted molar refractivity (Wildman–Crippen MR) is 135 cm³/mol. The molecule has 1 aromatic heterocycles. The second-order valence-corrected chi connectivity index (χ2v) is 9.42. The van der Waals surface area contributed by atoms with Crippen LogP contribution in [-0.4, -0.2) is 34.9 Å². The normalized spacial score (nSPS) is 20.2. The Hall–Kier alpha value is -4.20. The van der Waals surface area contributed by atoms with Gasteiger partial charge in [0.2, 0.25) is 0 Å². The second-order valence-electron chi connectivity index (χ2n) is 9.42. The number of piperidine rings is 1. The first-order chi connectivity index (χ1) is 17.5. The van der Waals surface area contributed by atoms with E-state index in [0.29, 0.717) is 31.0 Å². The first kappa shape index (κ1) is 22.3. The molecule has 2 amide bonds. The lowest BCUT2D eigenvalue weighted by atomic mass is 10.1. The number of hydrogen-bond donors (Lipinski definition) is 2. The van der Waals surface area contributed by atoms with Crippen molar-refractivity contribution < 1.29 is 13.6 Å². The Morgan fingerprint density at radius 2 is 1.75 bits per heavy atom. The summed E-state index contributed by atoms with van der Waals surface area (Å²) in [6.45, 7) is 1.97. The Bertz CT molecular complexity index is 1390. The van der Waals surface area contributed by atoms with Crippen molar-refractivity contribution in [2.24, 2.45) is 11.8 Å². The molecule has 8 heteroatoms. The molecule has 3 aromatic carbocycles. The fraction of sp³-hybridized carbons (Fsp3) is 0.214. The third-order valence-electron chi connectivity index (χ3n) is 6.99. The number of urea groups is 1. The van der Waals surface area contributed by atoms with E-state index in [1.807, 2.05) is 64.3 Å². The number of anilines is 2. The number of hydrogen-bond acceptors (Lipinski definition) is 3. The third kappa shape index (κ3) is 4.54. The highest BCUT2D eigenvalue weighted by Crippen LogP contribution is 2.47. The number of nitrogens with zero attached hydrogens (tertiary/aromatic N) is 3. The van der Waals surface area contributed by atoms with Crippen LogP contribution in [0, 0.1) is 23.5 Å². The molecule has 0 radical (unpaired) electrons. The zero-order valence-corrected chi connectivity index (χ0v) is 19.4. The molecule has 36 heavy (non-hydrogen) atoms. The molecule has 2 aliphatic rings. The number of halogens is 2. The van der Waals surface area contributed by atoms with Crippen LogP contribution in [0.2, 0.25) is 0 Å². The number of aromatic nitrogens is 2. The molecule has 4 aromatic rings. The summed E-state index contributed by atoms with van der Waals surface area (Å²) in [6.07, 6.45) is 1.95. The van der Waals surface area contributed by atoms with E-state index in [9.17, 15) is 13.6 Å². The van der Waals surface area contributed by atoms with Crippen molar-refractivity contribution in [3.63, 3.8) is 0 Å². The Morgan fingerprint density at radius 1 is 0.944 bits per heavy atom. The zero-order chi connectivity index (χ0) is 24.6. The minimum absolute atomic E-state index is 0.0571. The third-order valence-corrected chi connectivity index (χ3v) is 6.99. The van der Waals surface area contributed by atoms with Crippen molar-refractivity contribution in [1.82, 2.24) is 15.1 Å². The van der Waals surface area contributed by atoms with E-state index >= 15 is 0 Å². The summed E-state index contributed by atoms with van der Waals surface area (Å²) < 4.78 is 29.2. The van der Waals surface area contributed by atoms with Gasteiger partial charge in [0.15, 0.2) is 0 Å². The number of amides is 2. The van der Waals surface area contributed by atoms with Crippen LogP contribution in [-0.2, 0) is 6.54 Å². The van der Waals surface area contributed by atoms with E-state index in [1.54, 1.807) is 0 Å². The van der Waals surface area contributed by atoms with Crippen molar-refractivity contribution in [1.29, 1.82) is 0 Å². The molecule has 1 saturated heterocycles. The minimum Gasteiger partial charge on any atom is -0.368 e. The van der Waals surface area contributed by atoms with Crippen molar-refractivity contribution in [3.8, 4) is 11.3 Å². The second kappa shape index (κ2) is 9.11. The maximum atomic E-state index is 14.1. The SMILES string of the molecule is O=C(Nc1cccc(-c2ccn(Cc3ccccc3)n2)c1)NC1[C@H]2CN(c3ccc(F)cc3F)C[C@@H]12. The summed E-state index contributed by atoms with van der Waals surface area (Å²) in [5.74, 6) is -0.606. The van der Waals surface area contributed by atoms with Gasteiger partial charge in [0, 0.05) is 54.5 Å². The molecular formula is C28H25F2N5O.